The van der Waals surface area contributed by atoms with Crippen molar-refractivity contribution in [3.8, 4) is 0 Å². The fraction of sp³-hybridized carbons (Fsp3) is 0.350. The third-order valence-corrected chi connectivity index (χ3v) is 5.65. The third kappa shape index (κ3) is 3.75. The molecule has 5 nitrogen and oxygen atoms in total. The molecule has 0 radical (unpaired) electrons. The highest BCUT2D eigenvalue weighted by molar-refractivity contribution is 7.99. The number of nitrogens with one attached hydrogen (secondary N) is 1. The summed E-state index contributed by atoms with van der Waals surface area (Å²) in [5.41, 5.74) is 0.560. The fourth-order valence-electron chi connectivity index (χ4n) is 2.66. The molecule has 0 saturated heterocycles. The number of nitrogens with zero attached hydrogens (tertiary/aromatic N) is 2. The summed E-state index contributed by atoms with van der Waals surface area (Å²) in [6.07, 6.45) is 0. The molecule has 1 N–H and O–H groups in total. The van der Waals surface area contributed by atoms with Gasteiger partial charge in [0.25, 0.3) is 5.56 Å². The number of carbonyl (C=O) groups is 1. The minimum atomic E-state index is -0.0980. The quantitative estimate of drug-likeness (QED) is 0.426. The summed E-state index contributed by atoms with van der Waals surface area (Å²) in [5, 5.41) is 6.16. The highest BCUT2D eigenvalue weighted by Crippen LogP contribution is 2.22. The van der Waals surface area contributed by atoms with E-state index in [0.717, 1.165) is 10.8 Å². The summed E-state index contributed by atoms with van der Waals surface area (Å²) < 4.78 is 1.51. The van der Waals surface area contributed by atoms with Crippen LogP contribution in [0.2, 0.25) is 0 Å². The Morgan fingerprint density at radius 1 is 1.19 bits per heavy atom. The molecule has 1 atom stereocenters. The lowest BCUT2D eigenvalue weighted by molar-refractivity contribution is -0.119. The molecule has 26 heavy (non-hydrogen) atoms. The molecular weight excluding hydrogens is 346 g/mol. The highest BCUT2D eigenvalue weighted by Gasteiger charge is 2.14. The van der Waals surface area contributed by atoms with Crippen LogP contribution in [-0.4, -0.2) is 27.3 Å². The SMILES string of the molecule is CC(C)[C@@H](C)NC(=O)CSc1nc2cc3ccccc3cc2c(=O)n1C. The zero-order valence-electron chi connectivity index (χ0n) is 15.4. The molecular formula is C20H23N3O2S. The van der Waals surface area contributed by atoms with Crippen LogP contribution in [-0.2, 0) is 11.8 Å². The van der Waals surface area contributed by atoms with Crippen LogP contribution in [0.1, 0.15) is 20.8 Å². The van der Waals surface area contributed by atoms with Crippen molar-refractivity contribution in [1.29, 1.82) is 0 Å². The smallest absolute Gasteiger partial charge is 0.261 e. The van der Waals surface area contributed by atoms with Crippen LogP contribution in [0.4, 0.5) is 0 Å². The van der Waals surface area contributed by atoms with E-state index in [1.54, 1.807) is 7.05 Å². The van der Waals surface area contributed by atoms with Crippen molar-refractivity contribution in [3.05, 3.63) is 46.8 Å². The number of hydrogen-bond acceptors (Lipinski definition) is 4. The summed E-state index contributed by atoms with van der Waals surface area (Å²) in [7, 11) is 1.70. The number of hydrogen-bond donors (Lipinski definition) is 1. The van der Waals surface area contributed by atoms with Gasteiger partial charge in [-0.2, -0.15) is 0 Å². The van der Waals surface area contributed by atoms with Crippen LogP contribution in [0.3, 0.4) is 0 Å². The molecule has 0 aliphatic heterocycles. The zero-order valence-corrected chi connectivity index (χ0v) is 16.3. The van der Waals surface area contributed by atoms with Gasteiger partial charge in [0.15, 0.2) is 5.16 Å². The molecule has 3 rings (SSSR count). The number of rotatable bonds is 5. The third-order valence-electron chi connectivity index (χ3n) is 4.62. The van der Waals surface area contributed by atoms with Gasteiger partial charge < -0.3 is 5.32 Å². The van der Waals surface area contributed by atoms with Crippen molar-refractivity contribution in [2.24, 2.45) is 13.0 Å². The summed E-state index contributed by atoms with van der Waals surface area (Å²) in [4.78, 5) is 29.5. The Kier molecular flexibility index (Phi) is 5.32. The van der Waals surface area contributed by atoms with Gasteiger partial charge in [-0.1, -0.05) is 49.9 Å². The molecule has 0 spiro atoms. The molecule has 0 saturated carbocycles. The van der Waals surface area contributed by atoms with E-state index in [2.05, 4.69) is 24.1 Å². The molecule has 3 aromatic rings. The van der Waals surface area contributed by atoms with Crippen molar-refractivity contribution in [2.45, 2.75) is 32.0 Å². The van der Waals surface area contributed by atoms with Crippen molar-refractivity contribution < 1.29 is 4.79 Å². The first-order chi connectivity index (χ1) is 12.4. The van der Waals surface area contributed by atoms with Crippen LogP contribution in [0, 0.1) is 5.92 Å². The van der Waals surface area contributed by atoms with Gasteiger partial charge in [0, 0.05) is 13.1 Å². The molecule has 1 amide bonds. The molecule has 0 aliphatic carbocycles. The van der Waals surface area contributed by atoms with Gasteiger partial charge in [0.1, 0.15) is 0 Å². The van der Waals surface area contributed by atoms with E-state index in [1.165, 1.54) is 16.3 Å². The van der Waals surface area contributed by atoms with Crippen LogP contribution in [0.25, 0.3) is 21.7 Å². The van der Waals surface area contributed by atoms with Crippen LogP contribution < -0.4 is 10.9 Å². The molecule has 136 valence electrons. The monoisotopic (exact) mass is 369 g/mol. The van der Waals surface area contributed by atoms with E-state index in [9.17, 15) is 9.59 Å². The first-order valence-electron chi connectivity index (χ1n) is 8.68. The number of fused-ring (bicyclic) bond motifs is 2. The Morgan fingerprint density at radius 3 is 2.50 bits per heavy atom. The van der Waals surface area contributed by atoms with Gasteiger partial charge in [-0.05, 0) is 35.7 Å². The van der Waals surface area contributed by atoms with E-state index in [-0.39, 0.29) is 23.3 Å². The average molecular weight is 369 g/mol. The Morgan fingerprint density at radius 2 is 1.85 bits per heavy atom. The number of amides is 1. The lowest BCUT2D eigenvalue weighted by atomic mass is 10.1. The maximum absolute atomic E-state index is 12.7. The summed E-state index contributed by atoms with van der Waals surface area (Å²) in [6, 6.07) is 11.8. The van der Waals surface area contributed by atoms with E-state index in [4.69, 9.17) is 0 Å². The lowest BCUT2D eigenvalue weighted by Gasteiger charge is -2.17. The van der Waals surface area contributed by atoms with Crippen LogP contribution in [0.15, 0.2) is 46.3 Å². The summed E-state index contributed by atoms with van der Waals surface area (Å²) in [5.74, 6) is 0.556. The average Bonchev–Trinajstić information content (AvgIpc) is 2.62. The minimum absolute atomic E-state index is 0.0518. The predicted octanol–water partition coefficient (Wildman–Crippen LogP) is 3.34. The van der Waals surface area contributed by atoms with E-state index in [0.29, 0.717) is 22.0 Å². The molecule has 0 bridgehead atoms. The predicted molar refractivity (Wildman–Crippen MR) is 108 cm³/mol. The topological polar surface area (TPSA) is 64.0 Å². The first-order valence-corrected chi connectivity index (χ1v) is 9.67. The van der Waals surface area contributed by atoms with Crippen molar-refractivity contribution in [2.75, 3.05) is 5.75 Å². The molecule has 1 heterocycles. The molecule has 2 aromatic carbocycles. The second kappa shape index (κ2) is 7.50. The Labute approximate surface area is 156 Å². The Hall–Kier alpha value is -2.34. The first kappa shape index (κ1) is 18.5. The van der Waals surface area contributed by atoms with Gasteiger partial charge in [-0.3, -0.25) is 14.2 Å². The number of benzene rings is 2. The van der Waals surface area contributed by atoms with Crippen LogP contribution in [0.5, 0.6) is 0 Å². The maximum Gasteiger partial charge on any atom is 0.261 e. The molecule has 0 fully saturated rings. The number of carbonyl (C=O) groups excluding carboxylic acids is 1. The molecule has 6 heteroatoms. The standard InChI is InChI=1S/C20H23N3O2S/c1-12(2)13(3)21-18(24)11-26-20-22-17-10-15-8-6-5-7-14(15)9-16(17)19(25)23(20)4/h5-10,12-13H,11H2,1-4H3,(H,21,24)/t13-/m1/s1. The summed E-state index contributed by atoms with van der Waals surface area (Å²) in [6.45, 7) is 6.12. The van der Waals surface area contributed by atoms with Crippen molar-refractivity contribution >= 4 is 39.3 Å². The second-order valence-corrected chi connectivity index (χ2v) is 7.81. The van der Waals surface area contributed by atoms with E-state index < -0.39 is 0 Å². The summed E-state index contributed by atoms with van der Waals surface area (Å²) >= 11 is 1.28. The number of aromatic nitrogens is 2. The molecule has 1 aromatic heterocycles. The van der Waals surface area contributed by atoms with Gasteiger partial charge in [0.2, 0.25) is 5.91 Å². The highest BCUT2D eigenvalue weighted by atomic mass is 32.2. The van der Waals surface area contributed by atoms with E-state index in [1.807, 2.05) is 43.3 Å². The minimum Gasteiger partial charge on any atom is -0.353 e. The van der Waals surface area contributed by atoms with Gasteiger partial charge in [-0.25, -0.2) is 4.98 Å². The van der Waals surface area contributed by atoms with Crippen molar-refractivity contribution in [1.82, 2.24) is 14.9 Å². The van der Waals surface area contributed by atoms with Gasteiger partial charge in [0.05, 0.1) is 16.7 Å². The van der Waals surface area contributed by atoms with E-state index >= 15 is 0 Å². The van der Waals surface area contributed by atoms with Crippen LogP contribution >= 0.6 is 11.8 Å². The zero-order chi connectivity index (χ0) is 18.8. The lowest BCUT2D eigenvalue weighted by Crippen LogP contribution is -2.37. The van der Waals surface area contributed by atoms with Gasteiger partial charge >= 0.3 is 0 Å². The largest absolute Gasteiger partial charge is 0.353 e. The normalized spacial score (nSPS) is 12.7. The Balaban J connectivity index is 1.89. The second-order valence-electron chi connectivity index (χ2n) is 6.86. The van der Waals surface area contributed by atoms with Gasteiger partial charge in [-0.15, -0.1) is 0 Å². The maximum atomic E-state index is 12.7. The van der Waals surface area contributed by atoms with Crippen molar-refractivity contribution in [3.63, 3.8) is 0 Å². The molecule has 0 unspecified atom stereocenters. The molecule has 0 aliphatic rings. The fourth-order valence-corrected chi connectivity index (χ4v) is 3.44. The Bertz CT molecular complexity index is 1030. The number of thioether (sulfide) groups is 1.